The van der Waals surface area contributed by atoms with Crippen molar-refractivity contribution in [3.8, 4) is 0 Å². The summed E-state index contributed by atoms with van der Waals surface area (Å²) in [6.45, 7) is 5.76. The van der Waals surface area contributed by atoms with Crippen LogP contribution in [0.2, 0.25) is 0 Å². The highest BCUT2D eigenvalue weighted by molar-refractivity contribution is 5.86. The van der Waals surface area contributed by atoms with Crippen LogP contribution in [0.3, 0.4) is 0 Å². The van der Waals surface area contributed by atoms with Crippen molar-refractivity contribution in [2.24, 2.45) is 11.8 Å². The second-order valence-corrected chi connectivity index (χ2v) is 12.2. The van der Waals surface area contributed by atoms with E-state index < -0.39 is 53.2 Å². The highest BCUT2D eigenvalue weighted by Gasteiger charge is 2.37. The number of nitrogens with zero attached hydrogens (tertiary/aromatic N) is 1. The van der Waals surface area contributed by atoms with Gasteiger partial charge < -0.3 is 30.4 Å². The molecule has 1 saturated heterocycles. The van der Waals surface area contributed by atoms with Crippen LogP contribution in [-0.2, 0) is 25.7 Å². The van der Waals surface area contributed by atoms with Gasteiger partial charge in [-0.05, 0) is 63.6 Å². The van der Waals surface area contributed by atoms with Crippen LogP contribution < -0.4 is 26.8 Å². The van der Waals surface area contributed by atoms with Gasteiger partial charge in [0.15, 0.2) is 6.10 Å². The Kier molecular flexibility index (Phi) is 10.2. The van der Waals surface area contributed by atoms with Gasteiger partial charge >= 0.3 is 6.09 Å². The van der Waals surface area contributed by atoms with E-state index in [4.69, 9.17) is 4.74 Å². The van der Waals surface area contributed by atoms with Crippen LogP contribution in [0.1, 0.15) is 64.5 Å². The molecule has 1 saturated carbocycles. The number of aliphatic hydroxyl groups is 1. The molecule has 4 rings (SSSR count). The largest absolute Gasteiger partial charge is 0.444 e. The van der Waals surface area contributed by atoms with E-state index in [1.54, 1.807) is 26.8 Å². The minimum Gasteiger partial charge on any atom is -0.444 e. The molecule has 1 aliphatic carbocycles. The number of benzene rings is 1. The van der Waals surface area contributed by atoms with Gasteiger partial charge in [0.25, 0.3) is 11.5 Å². The smallest absolute Gasteiger partial charge is 0.412 e. The summed E-state index contributed by atoms with van der Waals surface area (Å²) in [5.41, 5.74) is -0.583. The van der Waals surface area contributed by atoms with Crippen molar-refractivity contribution in [3.05, 3.63) is 64.6 Å². The quantitative estimate of drug-likeness (QED) is 0.251. The molecule has 5 N–H and O–H groups in total. The number of pyridine rings is 1. The zero-order valence-corrected chi connectivity index (χ0v) is 24.8. The average Bonchev–Trinajstić information content (AvgIpc) is 3.69. The number of ether oxygens (including phenoxy) is 1. The second-order valence-electron chi connectivity index (χ2n) is 12.2. The molecule has 2 aliphatic rings. The molecule has 4 atom stereocenters. The fraction of sp³-hybridized carbons (Fsp3) is 0.516. The van der Waals surface area contributed by atoms with Gasteiger partial charge in [-0.1, -0.05) is 43.2 Å². The van der Waals surface area contributed by atoms with Crippen LogP contribution in [-0.4, -0.2) is 57.8 Å². The van der Waals surface area contributed by atoms with Crippen molar-refractivity contribution in [1.29, 1.82) is 0 Å². The van der Waals surface area contributed by atoms with Crippen LogP contribution in [0.15, 0.2) is 53.5 Å². The SMILES string of the molecule is CC(C)(C)OC(=O)Nc1cccn([C@H](CC2CC2)C(=O)N[C@@H](C[C@@H]2CCNC2=O)[C@H](O)C(=O)NCc2ccccc2)c1=O. The third-order valence-electron chi connectivity index (χ3n) is 7.49. The van der Waals surface area contributed by atoms with E-state index in [9.17, 15) is 29.1 Å². The molecule has 43 heavy (non-hydrogen) atoms. The number of aromatic nitrogens is 1. The molecule has 4 amide bonds. The Bertz CT molecular complexity index is 1370. The zero-order valence-electron chi connectivity index (χ0n) is 24.8. The molecule has 0 bridgehead atoms. The standard InChI is InChI=1S/C31H41N5O7/c1-31(2,3)43-30(42)35-22-10-7-15-36(29(22)41)24(16-19-11-12-19)27(39)34-23(17-21-13-14-32-26(21)38)25(37)28(40)33-18-20-8-5-4-6-9-20/h4-10,15,19,21,23-25,37H,11-14,16-18H2,1-3H3,(H,32,38)(H,33,40)(H,34,39)(H,35,42)/t21-,23-,24+,25-/m0/s1. The first kappa shape index (κ1) is 31.7. The number of hydrogen-bond donors (Lipinski definition) is 5. The van der Waals surface area contributed by atoms with E-state index in [-0.39, 0.29) is 30.5 Å². The lowest BCUT2D eigenvalue weighted by atomic mass is 9.94. The second kappa shape index (κ2) is 13.9. The van der Waals surface area contributed by atoms with Gasteiger partial charge in [-0.2, -0.15) is 0 Å². The normalized spacial score (nSPS) is 18.6. The molecule has 12 nitrogen and oxygen atoms in total. The Balaban J connectivity index is 1.54. The molecular formula is C31H41N5O7. The number of amides is 4. The fourth-order valence-corrected chi connectivity index (χ4v) is 5.07. The summed E-state index contributed by atoms with van der Waals surface area (Å²) in [7, 11) is 0. The number of nitrogens with one attached hydrogen (secondary N) is 4. The predicted octanol–water partition coefficient (Wildman–Crippen LogP) is 2.22. The first-order valence-electron chi connectivity index (χ1n) is 14.7. The number of hydrogen-bond acceptors (Lipinski definition) is 7. The Hall–Kier alpha value is -4.19. The number of anilines is 1. The lowest BCUT2D eigenvalue weighted by molar-refractivity contribution is -0.134. The fourth-order valence-electron chi connectivity index (χ4n) is 5.07. The van der Waals surface area contributed by atoms with E-state index in [1.165, 1.54) is 16.8 Å². The van der Waals surface area contributed by atoms with E-state index >= 15 is 0 Å². The molecule has 2 heterocycles. The van der Waals surface area contributed by atoms with E-state index in [1.807, 2.05) is 30.3 Å². The molecule has 0 unspecified atom stereocenters. The van der Waals surface area contributed by atoms with Crippen LogP contribution in [0.4, 0.5) is 10.5 Å². The summed E-state index contributed by atoms with van der Waals surface area (Å²) in [5, 5.41) is 21.8. The summed E-state index contributed by atoms with van der Waals surface area (Å²) in [6, 6.07) is 10.1. The van der Waals surface area contributed by atoms with Crippen LogP contribution >= 0.6 is 0 Å². The van der Waals surface area contributed by atoms with Crippen molar-refractivity contribution in [2.75, 3.05) is 11.9 Å². The molecular weight excluding hydrogens is 554 g/mol. The average molecular weight is 596 g/mol. The lowest BCUT2D eigenvalue weighted by Gasteiger charge is -2.28. The number of aliphatic hydroxyl groups excluding tert-OH is 1. The molecule has 12 heteroatoms. The molecule has 2 fully saturated rings. The maximum atomic E-state index is 13.8. The molecule has 232 valence electrons. The minimum absolute atomic E-state index is 0.0444. The Morgan fingerprint density at radius 3 is 2.37 bits per heavy atom. The van der Waals surface area contributed by atoms with Gasteiger partial charge in [0, 0.05) is 25.2 Å². The summed E-state index contributed by atoms with van der Waals surface area (Å²) in [5.74, 6) is -1.73. The van der Waals surface area contributed by atoms with Crippen molar-refractivity contribution in [1.82, 2.24) is 20.5 Å². The Morgan fingerprint density at radius 2 is 1.74 bits per heavy atom. The highest BCUT2D eigenvalue weighted by Crippen LogP contribution is 2.37. The number of rotatable bonds is 12. The van der Waals surface area contributed by atoms with Crippen molar-refractivity contribution in [3.63, 3.8) is 0 Å². The molecule has 1 aliphatic heterocycles. The Morgan fingerprint density at radius 1 is 1.02 bits per heavy atom. The third-order valence-corrected chi connectivity index (χ3v) is 7.49. The summed E-state index contributed by atoms with van der Waals surface area (Å²) >= 11 is 0. The minimum atomic E-state index is -1.64. The van der Waals surface area contributed by atoms with Gasteiger partial charge in [0.1, 0.15) is 17.3 Å². The van der Waals surface area contributed by atoms with Crippen molar-refractivity contribution in [2.45, 2.75) is 83.2 Å². The van der Waals surface area contributed by atoms with Crippen molar-refractivity contribution < 1.29 is 29.0 Å². The van der Waals surface area contributed by atoms with E-state index in [0.29, 0.717) is 19.4 Å². The van der Waals surface area contributed by atoms with E-state index in [0.717, 1.165) is 18.4 Å². The maximum Gasteiger partial charge on any atom is 0.412 e. The number of carbonyl (C=O) groups excluding carboxylic acids is 4. The van der Waals surface area contributed by atoms with Gasteiger partial charge in [0.2, 0.25) is 11.8 Å². The predicted molar refractivity (Wildman–Crippen MR) is 159 cm³/mol. The van der Waals surface area contributed by atoms with Crippen LogP contribution in [0.5, 0.6) is 0 Å². The number of carbonyl (C=O) groups is 4. The summed E-state index contributed by atoms with van der Waals surface area (Å²) < 4.78 is 6.52. The van der Waals surface area contributed by atoms with Gasteiger partial charge in [0.05, 0.1) is 6.04 Å². The van der Waals surface area contributed by atoms with Crippen molar-refractivity contribution >= 4 is 29.5 Å². The van der Waals surface area contributed by atoms with E-state index in [2.05, 4.69) is 21.3 Å². The molecule has 0 spiro atoms. The third kappa shape index (κ3) is 9.15. The molecule has 1 aromatic heterocycles. The van der Waals surface area contributed by atoms with Crippen LogP contribution in [0.25, 0.3) is 0 Å². The van der Waals surface area contributed by atoms with Crippen LogP contribution in [0, 0.1) is 11.8 Å². The summed E-state index contributed by atoms with van der Waals surface area (Å²) in [4.78, 5) is 65.0. The molecule has 2 aromatic rings. The van der Waals surface area contributed by atoms with Gasteiger partial charge in [-0.3, -0.25) is 24.5 Å². The molecule has 1 aromatic carbocycles. The van der Waals surface area contributed by atoms with Gasteiger partial charge in [-0.15, -0.1) is 0 Å². The first-order chi connectivity index (χ1) is 20.4. The summed E-state index contributed by atoms with van der Waals surface area (Å²) in [6.07, 6.45) is 1.75. The molecule has 0 radical (unpaired) electrons. The Labute approximate surface area is 250 Å². The maximum absolute atomic E-state index is 13.8. The highest BCUT2D eigenvalue weighted by atomic mass is 16.6. The zero-order chi connectivity index (χ0) is 31.1. The lowest BCUT2D eigenvalue weighted by Crippen LogP contribution is -2.53. The topological polar surface area (TPSA) is 168 Å². The first-order valence-corrected chi connectivity index (χ1v) is 14.7. The van der Waals surface area contributed by atoms with Gasteiger partial charge in [-0.25, -0.2) is 4.79 Å². The monoisotopic (exact) mass is 595 g/mol.